The normalized spacial score (nSPS) is 12.2. The van der Waals surface area contributed by atoms with E-state index in [0.29, 0.717) is 0 Å². The van der Waals surface area contributed by atoms with E-state index in [1.165, 1.54) is 11.3 Å². The van der Waals surface area contributed by atoms with Crippen LogP contribution in [0, 0.1) is 12.8 Å². The summed E-state index contributed by atoms with van der Waals surface area (Å²) in [6.07, 6.45) is 5.54. The quantitative estimate of drug-likeness (QED) is 0.753. The fourth-order valence-electron chi connectivity index (χ4n) is 2.10. The number of carbonyl (C=O) groups is 1. The van der Waals surface area contributed by atoms with Crippen LogP contribution in [0.25, 0.3) is 10.6 Å². The molecule has 2 heterocycles. The van der Waals surface area contributed by atoms with Crippen molar-refractivity contribution in [2.45, 2.75) is 13.8 Å². The van der Waals surface area contributed by atoms with Gasteiger partial charge in [-0.3, -0.25) is 9.78 Å². The van der Waals surface area contributed by atoms with Gasteiger partial charge in [0, 0.05) is 41.1 Å². The molecule has 2 rings (SSSR count). The molecule has 0 aliphatic rings. The zero-order chi connectivity index (χ0) is 16.3. The van der Waals surface area contributed by atoms with E-state index in [4.69, 9.17) is 0 Å². The number of aryl methyl sites for hydroxylation is 1. The number of halogens is 1. The molecule has 1 unspecified atom stereocenters. The third-order valence-electron chi connectivity index (χ3n) is 3.20. The summed E-state index contributed by atoms with van der Waals surface area (Å²) in [6, 6.07) is 1.98. The average molecular weight is 400 g/mol. The Kier molecular flexibility index (Phi) is 6.00. The number of thiazole rings is 1. The third kappa shape index (κ3) is 3.88. The molecule has 7 heteroatoms. The van der Waals surface area contributed by atoms with Crippen molar-refractivity contribution in [3.05, 3.63) is 28.6 Å². The molecule has 0 bridgehead atoms. The highest BCUT2D eigenvalue weighted by Crippen LogP contribution is 2.35. The summed E-state index contributed by atoms with van der Waals surface area (Å²) in [5.74, 6) is 0.946. The molecule has 0 N–H and O–H groups in total. The lowest BCUT2D eigenvalue weighted by atomic mass is 10.2. The van der Waals surface area contributed by atoms with Crippen molar-refractivity contribution in [1.82, 2.24) is 9.97 Å². The zero-order valence-electron chi connectivity index (χ0n) is 13.0. The molecule has 1 amide bonds. The first-order chi connectivity index (χ1) is 10.4. The van der Waals surface area contributed by atoms with Crippen molar-refractivity contribution in [3.8, 4) is 10.6 Å². The number of thioether (sulfide) groups is 1. The van der Waals surface area contributed by atoms with Crippen molar-refractivity contribution >= 4 is 49.9 Å². The molecule has 0 aromatic carbocycles. The Morgan fingerprint density at radius 3 is 2.86 bits per heavy atom. The number of aromatic nitrogens is 2. The summed E-state index contributed by atoms with van der Waals surface area (Å²) in [5, 5.41) is 1.77. The van der Waals surface area contributed by atoms with Gasteiger partial charge >= 0.3 is 0 Å². The Balaban J connectivity index is 2.28. The van der Waals surface area contributed by atoms with E-state index in [0.717, 1.165) is 31.5 Å². The van der Waals surface area contributed by atoms with Crippen LogP contribution in [0.2, 0.25) is 0 Å². The predicted octanol–water partition coefficient (Wildman–Crippen LogP) is 4.24. The Morgan fingerprint density at radius 2 is 2.23 bits per heavy atom. The fraction of sp³-hybridized carbons (Fsp3) is 0.400. The molecule has 1 atom stereocenters. The second-order valence-corrected chi connectivity index (χ2v) is 7.86. The number of hydrogen-bond acceptors (Lipinski definition) is 5. The van der Waals surface area contributed by atoms with Crippen LogP contribution >= 0.6 is 39.0 Å². The maximum atomic E-state index is 12.5. The molecule has 22 heavy (non-hydrogen) atoms. The first-order valence-corrected chi connectivity index (χ1v) is 9.79. The van der Waals surface area contributed by atoms with E-state index in [1.807, 2.05) is 33.2 Å². The Bertz CT molecular complexity index is 675. The van der Waals surface area contributed by atoms with Gasteiger partial charge in [-0.15, -0.1) is 0 Å². The molecular weight excluding hydrogens is 382 g/mol. The van der Waals surface area contributed by atoms with E-state index in [2.05, 4.69) is 25.9 Å². The number of hydrogen-bond donors (Lipinski definition) is 0. The summed E-state index contributed by atoms with van der Waals surface area (Å²) in [5.41, 5.74) is 1.82. The molecule has 4 nitrogen and oxygen atoms in total. The van der Waals surface area contributed by atoms with Gasteiger partial charge in [-0.2, -0.15) is 11.8 Å². The van der Waals surface area contributed by atoms with Crippen molar-refractivity contribution in [1.29, 1.82) is 0 Å². The number of anilines is 1. The van der Waals surface area contributed by atoms with E-state index in [-0.39, 0.29) is 11.8 Å². The fourth-order valence-corrected chi connectivity index (χ4v) is 4.13. The second-order valence-electron chi connectivity index (χ2n) is 5.06. The van der Waals surface area contributed by atoms with Crippen LogP contribution < -0.4 is 4.90 Å². The topological polar surface area (TPSA) is 46.1 Å². The third-order valence-corrected chi connectivity index (χ3v) is 5.75. The maximum Gasteiger partial charge on any atom is 0.231 e. The van der Waals surface area contributed by atoms with Gasteiger partial charge < -0.3 is 4.90 Å². The van der Waals surface area contributed by atoms with Gasteiger partial charge in [0.25, 0.3) is 0 Å². The molecule has 0 aliphatic heterocycles. The minimum atomic E-state index is -0.00233. The number of nitrogens with zero attached hydrogens (tertiary/aromatic N) is 3. The molecular formula is C15H18BrN3OS2. The van der Waals surface area contributed by atoms with Gasteiger partial charge in [0.1, 0.15) is 10.0 Å². The van der Waals surface area contributed by atoms with Crippen LogP contribution in [0.15, 0.2) is 22.9 Å². The lowest BCUT2D eigenvalue weighted by Crippen LogP contribution is -2.32. The molecule has 0 aliphatic carbocycles. The number of amides is 1. The highest BCUT2D eigenvalue weighted by Gasteiger charge is 2.22. The number of carbonyl (C=O) groups excluding carboxylic acids is 1. The molecule has 2 aromatic rings. The van der Waals surface area contributed by atoms with Gasteiger partial charge in [0.15, 0.2) is 0 Å². The number of pyridine rings is 1. The molecule has 0 saturated heterocycles. The van der Waals surface area contributed by atoms with Gasteiger partial charge in [0.2, 0.25) is 5.91 Å². The van der Waals surface area contributed by atoms with Crippen LogP contribution in [0.5, 0.6) is 0 Å². The lowest BCUT2D eigenvalue weighted by Gasteiger charge is -2.19. The average Bonchev–Trinajstić information content (AvgIpc) is 2.88. The van der Waals surface area contributed by atoms with E-state index in [1.54, 1.807) is 29.1 Å². The van der Waals surface area contributed by atoms with Crippen molar-refractivity contribution < 1.29 is 4.79 Å². The minimum absolute atomic E-state index is 0.00233. The largest absolute Gasteiger partial charge is 0.305 e. The Labute approximate surface area is 147 Å². The zero-order valence-corrected chi connectivity index (χ0v) is 16.2. The second kappa shape index (κ2) is 7.57. The molecule has 0 fully saturated rings. The standard InChI is InChI=1S/C15H18BrN3OS2/c1-9(8-21-4)14(20)19(3)15-10(2)18-13(22-15)11-5-12(16)7-17-6-11/h5-7,9H,8H2,1-4H3. The van der Waals surface area contributed by atoms with Gasteiger partial charge in [-0.1, -0.05) is 18.3 Å². The first kappa shape index (κ1) is 17.4. The highest BCUT2D eigenvalue weighted by molar-refractivity contribution is 9.10. The van der Waals surface area contributed by atoms with Crippen LogP contribution in [-0.4, -0.2) is 34.9 Å². The highest BCUT2D eigenvalue weighted by atomic mass is 79.9. The SMILES string of the molecule is CSCC(C)C(=O)N(C)c1sc(-c2cncc(Br)c2)nc1C. The van der Waals surface area contributed by atoms with Gasteiger partial charge in [0.05, 0.1) is 5.69 Å². The maximum absolute atomic E-state index is 12.5. The van der Waals surface area contributed by atoms with Crippen LogP contribution in [0.3, 0.4) is 0 Å². The first-order valence-electron chi connectivity index (χ1n) is 6.79. The molecule has 0 spiro atoms. The molecule has 2 aromatic heterocycles. The Hall–Kier alpha value is -0.920. The summed E-state index contributed by atoms with van der Waals surface area (Å²) in [4.78, 5) is 22.9. The summed E-state index contributed by atoms with van der Waals surface area (Å²) in [7, 11) is 1.82. The van der Waals surface area contributed by atoms with Crippen LogP contribution in [0.1, 0.15) is 12.6 Å². The summed E-state index contributed by atoms with van der Waals surface area (Å²) in [6.45, 7) is 3.90. The van der Waals surface area contributed by atoms with Crippen molar-refractivity contribution in [2.24, 2.45) is 5.92 Å². The van der Waals surface area contributed by atoms with Gasteiger partial charge in [-0.25, -0.2) is 4.98 Å². The van der Waals surface area contributed by atoms with Gasteiger partial charge in [-0.05, 0) is 35.2 Å². The predicted molar refractivity (Wildman–Crippen MR) is 98.7 cm³/mol. The Morgan fingerprint density at radius 1 is 1.50 bits per heavy atom. The molecule has 0 radical (unpaired) electrons. The van der Waals surface area contributed by atoms with Crippen molar-refractivity contribution in [2.75, 3.05) is 24.0 Å². The van der Waals surface area contributed by atoms with E-state index in [9.17, 15) is 4.79 Å². The minimum Gasteiger partial charge on any atom is -0.305 e. The number of rotatable bonds is 5. The van der Waals surface area contributed by atoms with Crippen LogP contribution in [0.4, 0.5) is 5.00 Å². The van der Waals surface area contributed by atoms with E-state index < -0.39 is 0 Å². The monoisotopic (exact) mass is 399 g/mol. The van der Waals surface area contributed by atoms with Crippen molar-refractivity contribution in [3.63, 3.8) is 0 Å². The molecule has 118 valence electrons. The van der Waals surface area contributed by atoms with E-state index >= 15 is 0 Å². The smallest absolute Gasteiger partial charge is 0.231 e. The lowest BCUT2D eigenvalue weighted by molar-refractivity contribution is -0.120. The van der Waals surface area contributed by atoms with Crippen LogP contribution in [-0.2, 0) is 4.79 Å². The summed E-state index contributed by atoms with van der Waals surface area (Å²) < 4.78 is 0.914. The molecule has 0 saturated carbocycles. The summed E-state index contributed by atoms with van der Waals surface area (Å²) >= 11 is 6.63.